The molecule has 0 radical (unpaired) electrons. The van der Waals surface area contributed by atoms with Crippen LogP contribution in [0.3, 0.4) is 0 Å². The maximum absolute atomic E-state index is 12.8. The molecule has 4 aromatic rings. The number of thiophene rings is 1. The lowest BCUT2D eigenvalue weighted by molar-refractivity contribution is 0.0949. The summed E-state index contributed by atoms with van der Waals surface area (Å²) in [6.07, 6.45) is 1.65. The van der Waals surface area contributed by atoms with E-state index in [4.69, 9.17) is 16.3 Å². The van der Waals surface area contributed by atoms with Gasteiger partial charge < -0.3 is 15.4 Å². The van der Waals surface area contributed by atoms with Gasteiger partial charge in [-0.1, -0.05) is 54.1 Å². The van der Waals surface area contributed by atoms with Gasteiger partial charge in [-0.3, -0.25) is 9.59 Å². The Labute approximate surface area is 200 Å². The van der Waals surface area contributed by atoms with Crippen molar-refractivity contribution < 1.29 is 14.3 Å². The molecule has 8 heteroatoms. The number of anilines is 1. The summed E-state index contributed by atoms with van der Waals surface area (Å²) in [5.74, 6) is -0.127. The van der Waals surface area contributed by atoms with Gasteiger partial charge in [0.15, 0.2) is 0 Å². The normalized spacial score (nSPS) is 10.5. The minimum atomic E-state index is -0.309. The van der Waals surface area contributed by atoms with Crippen molar-refractivity contribution in [3.05, 3.63) is 111 Å². The van der Waals surface area contributed by atoms with E-state index in [9.17, 15) is 9.59 Å². The Kier molecular flexibility index (Phi) is 7.34. The monoisotopic (exact) mass is 477 g/mol. The summed E-state index contributed by atoms with van der Waals surface area (Å²) in [6, 6.07) is 21.7. The Morgan fingerprint density at radius 3 is 2.61 bits per heavy atom. The summed E-state index contributed by atoms with van der Waals surface area (Å²) in [4.78, 5) is 29.9. The average molecular weight is 478 g/mol. The first kappa shape index (κ1) is 22.5. The van der Waals surface area contributed by atoms with Crippen LogP contribution in [0.25, 0.3) is 0 Å². The van der Waals surface area contributed by atoms with Gasteiger partial charge in [-0.2, -0.15) is 0 Å². The first-order valence-electron chi connectivity index (χ1n) is 10.1. The zero-order valence-electron chi connectivity index (χ0n) is 17.5. The fourth-order valence-electron chi connectivity index (χ4n) is 3.05. The van der Waals surface area contributed by atoms with E-state index < -0.39 is 0 Å². The number of benzene rings is 2. The van der Waals surface area contributed by atoms with Crippen molar-refractivity contribution in [3.63, 3.8) is 0 Å². The predicted molar refractivity (Wildman–Crippen MR) is 130 cm³/mol. The summed E-state index contributed by atoms with van der Waals surface area (Å²) in [5.41, 5.74) is 2.52. The number of aromatic nitrogens is 1. The summed E-state index contributed by atoms with van der Waals surface area (Å²) in [6.45, 7) is 0.611. The number of rotatable bonds is 8. The van der Waals surface area contributed by atoms with Crippen molar-refractivity contribution in [2.24, 2.45) is 0 Å². The molecule has 0 aliphatic heterocycles. The van der Waals surface area contributed by atoms with Crippen LogP contribution in [0.2, 0.25) is 5.02 Å². The number of nitrogens with one attached hydrogen (secondary N) is 2. The number of pyridine rings is 1. The van der Waals surface area contributed by atoms with Crippen LogP contribution in [-0.4, -0.2) is 16.8 Å². The Morgan fingerprint density at radius 1 is 0.970 bits per heavy atom. The zero-order chi connectivity index (χ0) is 23.0. The largest absolute Gasteiger partial charge is 0.473 e. The number of halogens is 1. The van der Waals surface area contributed by atoms with E-state index in [0.717, 1.165) is 11.1 Å². The number of nitrogens with zero attached hydrogens (tertiary/aromatic N) is 1. The molecule has 33 heavy (non-hydrogen) atoms. The molecule has 2 aromatic carbocycles. The number of ether oxygens (including phenoxy) is 1. The van der Waals surface area contributed by atoms with Crippen molar-refractivity contribution in [3.8, 4) is 5.88 Å². The Bertz CT molecular complexity index is 1250. The fraction of sp³-hybridized carbons (Fsp3) is 0.0800. The molecule has 0 saturated heterocycles. The van der Waals surface area contributed by atoms with Gasteiger partial charge in [-0.05, 0) is 41.3 Å². The first-order valence-corrected chi connectivity index (χ1v) is 11.4. The molecule has 2 heterocycles. The smallest absolute Gasteiger partial charge is 0.265 e. The second-order valence-electron chi connectivity index (χ2n) is 7.05. The van der Waals surface area contributed by atoms with Crippen LogP contribution in [0.5, 0.6) is 5.88 Å². The summed E-state index contributed by atoms with van der Waals surface area (Å²) < 4.78 is 5.85. The van der Waals surface area contributed by atoms with Gasteiger partial charge in [0.05, 0.1) is 15.6 Å². The molecule has 4 rings (SSSR count). The van der Waals surface area contributed by atoms with Crippen molar-refractivity contribution >= 4 is 40.4 Å². The van der Waals surface area contributed by atoms with Gasteiger partial charge in [0.2, 0.25) is 5.88 Å². The highest BCUT2D eigenvalue weighted by atomic mass is 35.5. The molecule has 0 aliphatic rings. The van der Waals surface area contributed by atoms with Crippen molar-refractivity contribution in [1.29, 1.82) is 0 Å². The maximum Gasteiger partial charge on any atom is 0.265 e. The number of hydrogen-bond acceptors (Lipinski definition) is 5. The second-order valence-corrected chi connectivity index (χ2v) is 8.41. The molecule has 2 aromatic heterocycles. The highest BCUT2D eigenvalue weighted by Gasteiger charge is 2.14. The highest BCUT2D eigenvalue weighted by molar-refractivity contribution is 7.12. The minimum absolute atomic E-state index is 0.232. The molecule has 6 nitrogen and oxygen atoms in total. The average Bonchev–Trinajstić information content (AvgIpc) is 3.39. The van der Waals surface area contributed by atoms with Crippen LogP contribution in [0.4, 0.5) is 5.69 Å². The Morgan fingerprint density at radius 2 is 1.82 bits per heavy atom. The van der Waals surface area contributed by atoms with E-state index in [-0.39, 0.29) is 18.4 Å². The second kappa shape index (κ2) is 10.8. The third-order valence-corrected chi connectivity index (χ3v) is 5.93. The molecular formula is C25H20ClN3O3S. The van der Waals surface area contributed by atoms with Gasteiger partial charge in [0, 0.05) is 23.9 Å². The predicted octanol–water partition coefficient (Wildman–Crippen LogP) is 5.56. The van der Waals surface area contributed by atoms with Crippen LogP contribution in [0.15, 0.2) is 84.4 Å². The van der Waals surface area contributed by atoms with Crippen molar-refractivity contribution in [2.45, 2.75) is 13.2 Å². The molecule has 166 valence electrons. The van der Waals surface area contributed by atoms with Crippen molar-refractivity contribution in [2.75, 3.05) is 5.32 Å². The Hall–Kier alpha value is -3.68. The lowest BCUT2D eigenvalue weighted by Gasteiger charge is -2.12. The van der Waals surface area contributed by atoms with E-state index in [1.54, 1.807) is 42.6 Å². The molecule has 2 N–H and O–H groups in total. The lowest BCUT2D eigenvalue weighted by atomic mass is 10.1. The number of carbonyl (C=O) groups excluding carboxylic acids is 2. The SMILES string of the molecule is O=C(NCc1cccnc1OCc1ccccc1)c1ccc(Cl)c(NC(=O)c2cccs2)c1. The van der Waals surface area contributed by atoms with Gasteiger partial charge in [0.1, 0.15) is 6.61 Å². The molecule has 2 amide bonds. The first-order chi connectivity index (χ1) is 16.1. The van der Waals surface area contributed by atoms with Gasteiger partial charge >= 0.3 is 0 Å². The number of carbonyl (C=O) groups is 2. The van der Waals surface area contributed by atoms with E-state index in [1.165, 1.54) is 11.3 Å². The number of hydrogen-bond donors (Lipinski definition) is 2. The molecule has 0 aliphatic carbocycles. The van der Waals surface area contributed by atoms with Crippen LogP contribution >= 0.6 is 22.9 Å². The van der Waals surface area contributed by atoms with E-state index in [2.05, 4.69) is 15.6 Å². The fourth-order valence-corrected chi connectivity index (χ4v) is 3.83. The molecule has 0 saturated carbocycles. The maximum atomic E-state index is 12.8. The van der Waals surface area contributed by atoms with Crippen LogP contribution in [-0.2, 0) is 13.2 Å². The van der Waals surface area contributed by atoms with Crippen LogP contribution < -0.4 is 15.4 Å². The number of amides is 2. The third kappa shape index (κ3) is 5.97. The quantitative estimate of drug-likeness (QED) is 0.348. The lowest BCUT2D eigenvalue weighted by Crippen LogP contribution is -2.23. The molecule has 0 bridgehead atoms. The topological polar surface area (TPSA) is 80.3 Å². The third-order valence-electron chi connectivity index (χ3n) is 4.73. The van der Waals surface area contributed by atoms with Gasteiger partial charge in [-0.25, -0.2) is 4.98 Å². The zero-order valence-corrected chi connectivity index (χ0v) is 19.0. The molecule has 0 unspecified atom stereocenters. The van der Waals surface area contributed by atoms with E-state index in [1.807, 2.05) is 41.8 Å². The molecule has 0 fully saturated rings. The molecular weight excluding hydrogens is 458 g/mol. The minimum Gasteiger partial charge on any atom is -0.473 e. The van der Waals surface area contributed by atoms with Crippen LogP contribution in [0.1, 0.15) is 31.2 Å². The van der Waals surface area contributed by atoms with Gasteiger partial charge in [-0.15, -0.1) is 11.3 Å². The van der Waals surface area contributed by atoms with E-state index in [0.29, 0.717) is 33.6 Å². The Balaban J connectivity index is 1.40. The standard InChI is InChI=1S/C25H20ClN3O3S/c26-20-11-10-18(14-21(20)29-24(31)22-9-5-13-33-22)23(30)28-15-19-8-4-12-27-25(19)32-16-17-6-2-1-3-7-17/h1-14H,15-16H2,(H,28,30)(H,29,31). The van der Waals surface area contributed by atoms with Gasteiger partial charge in [0.25, 0.3) is 11.8 Å². The molecule has 0 atom stereocenters. The van der Waals surface area contributed by atoms with Crippen molar-refractivity contribution in [1.82, 2.24) is 10.3 Å². The van der Waals surface area contributed by atoms with Crippen LogP contribution in [0, 0.1) is 0 Å². The highest BCUT2D eigenvalue weighted by Crippen LogP contribution is 2.25. The molecule has 0 spiro atoms. The summed E-state index contributed by atoms with van der Waals surface area (Å²) in [7, 11) is 0. The summed E-state index contributed by atoms with van der Waals surface area (Å²) in [5, 5.41) is 7.78. The summed E-state index contributed by atoms with van der Waals surface area (Å²) >= 11 is 7.54. The van der Waals surface area contributed by atoms with E-state index >= 15 is 0 Å².